The molecule has 0 spiro atoms. The van der Waals surface area contributed by atoms with Gasteiger partial charge in [0.05, 0.1) is 17.7 Å². The molecule has 128 valence electrons. The first kappa shape index (κ1) is 17.7. The van der Waals surface area contributed by atoms with E-state index in [2.05, 4.69) is 10.3 Å². The quantitative estimate of drug-likeness (QED) is 0.651. The average Bonchev–Trinajstić information content (AvgIpc) is 2.63. The Morgan fingerprint density at radius 2 is 1.96 bits per heavy atom. The highest BCUT2D eigenvalue weighted by atomic mass is 35.5. The van der Waals surface area contributed by atoms with Crippen molar-refractivity contribution in [1.82, 2.24) is 10.3 Å². The maximum Gasteiger partial charge on any atom is 0.252 e. The summed E-state index contributed by atoms with van der Waals surface area (Å²) in [5, 5.41) is 5.15. The van der Waals surface area contributed by atoms with Gasteiger partial charge >= 0.3 is 0 Å². The van der Waals surface area contributed by atoms with Crippen LogP contribution in [0.4, 0.5) is 0 Å². The number of hydrogen-bond acceptors (Lipinski definition) is 4. The molecule has 0 aliphatic rings. The molecule has 2 aromatic carbocycles. The molecule has 1 heterocycles. The second kappa shape index (κ2) is 8.34. The molecule has 0 saturated heterocycles. The number of carbonyl (C=O) groups is 1. The fourth-order valence-corrected chi connectivity index (χ4v) is 3.34. The summed E-state index contributed by atoms with van der Waals surface area (Å²) in [5.41, 5.74) is 1.40. The van der Waals surface area contributed by atoms with Gasteiger partial charge < -0.3 is 10.1 Å². The van der Waals surface area contributed by atoms with Gasteiger partial charge in [0.1, 0.15) is 5.03 Å². The van der Waals surface area contributed by atoms with Gasteiger partial charge in [0.25, 0.3) is 5.91 Å². The molecule has 0 atom stereocenters. The molecule has 6 heteroatoms. The monoisotopic (exact) mass is 372 g/mol. The minimum Gasteiger partial charge on any atom is -0.383 e. The summed E-state index contributed by atoms with van der Waals surface area (Å²) >= 11 is 7.43. The Morgan fingerprint density at radius 3 is 2.72 bits per heavy atom. The molecule has 0 bridgehead atoms. The van der Waals surface area contributed by atoms with Crippen LogP contribution in [0.5, 0.6) is 0 Å². The highest BCUT2D eigenvalue weighted by Gasteiger charge is 2.13. The number of pyridine rings is 1. The number of rotatable bonds is 6. The van der Waals surface area contributed by atoms with E-state index >= 15 is 0 Å². The van der Waals surface area contributed by atoms with E-state index in [-0.39, 0.29) is 5.91 Å². The molecule has 0 saturated carbocycles. The Labute approximate surface area is 155 Å². The van der Waals surface area contributed by atoms with Gasteiger partial charge in [0, 0.05) is 29.0 Å². The molecule has 0 radical (unpaired) electrons. The first-order valence-corrected chi connectivity index (χ1v) is 8.97. The van der Waals surface area contributed by atoms with Crippen molar-refractivity contribution in [2.24, 2.45) is 0 Å². The summed E-state index contributed by atoms with van der Waals surface area (Å²) < 4.78 is 4.99. The topological polar surface area (TPSA) is 51.2 Å². The molecule has 1 aromatic heterocycles. The number of nitrogens with zero attached hydrogens (tertiary/aromatic N) is 1. The zero-order valence-electron chi connectivity index (χ0n) is 13.7. The highest BCUT2D eigenvalue weighted by Crippen LogP contribution is 2.30. The lowest BCUT2D eigenvalue weighted by Crippen LogP contribution is -2.27. The number of nitrogens with one attached hydrogen (secondary N) is 1. The average molecular weight is 373 g/mol. The number of ether oxygens (including phenoxy) is 1. The number of methoxy groups -OCH3 is 1. The second-order valence-corrected chi connectivity index (χ2v) is 6.86. The van der Waals surface area contributed by atoms with Gasteiger partial charge in [-0.1, -0.05) is 41.6 Å². The van der Waals surface area contributed by atoms with Crippen molar-refractivity contribution in [2.75, 3.05) is 20.3 Å². The summed E-state index contributed by atoms with van der Waals surface area (Å²) in [4.78, 5) is 18.2. The number of para-hydroxylation sites is 1. The van der Waals surface area contributed by atoms with Gasteiger partial charge in [-0.25, -0.2) is 4.98 Å². The largest absolute Gasteiger partial charge is 0.383 e. The number of carbonyl (C=O) groups excluding carboxylic acids is 1. The standard InChI is InChI=1S/C19H17ClN2O2S/c1-24-11-10-21-19(23)16-12-18(22-17-5-3-2-4-15(16)17)25-14-8-6-13(20)7-9-14/h2-9,12H,10-11H2,1H3,(H,21,23). The van der Waals surface area contributed by atoms with Crippen LogP contribution in [0.3, 0.4) is 0 Å². The maximum atomic E-state index is 12.6. The van der Waals surface area contributed by atoms with Crippen molar-refractivity contribution in [3.63, 3.8) is 0 Å². The molecular weight excluding hydrogens is 356 g/mol. The Hall–Kier alpha value is -2.08. The van der Waals surface area contributed by atoms with Crippen molar-refractivity contribution in [3.8, 4) is 0 Å². The number of halogens is 1. The van der Waals surface area contributed by atoms with Crippen LogP contribution < -0.4 is 5.32 Å². The van der Waals surface area contributed by atoms with Crippen LogP contribution in [0.25, 0.3) is 10.9 Å². The number of fused-ring (bicyclic) bond motifs is 1. The van der Waals surface area contributed by atoms with Crippen LogP contribution in [-0.2, 0) is 4.74 Å². The number of hydrogen-bond donors (Lipinski definition) is 1. The molecule has 0 aliphatic heterocycles. The Morgan fingerprint density at radius 1 is 1.20 bits per heavy atom. The molecule has 1 N–H and O–H groups in total. The SMILES string of the molecule is COCCNC(=O)c1cc(Sc2ccc(Cl)cc2)nc2ccccc12. The smallest absolute Gasteiger partial charge is 0.252 e. The van der Waals surface area contributed by atoms with Crippen molar-refractivity contribution >= 4 is 40.2 Å². The van der Waals surface area contributed by atoms with Crippen LogP contribution in [0.1, 0.15) is 10.4 Å². The van der Waals surface area contributed by atoms with Gasteiger partial charge in [0.2, 0.25) is 0 Å². The number of benzene rings is 2. The highest BCUT2D eigenvalue weighted by molar-refractivity contribution is 7.99. The van der Waals surface area contributed by atoms with E-state index in [0.717, 1.165) is 20.8 Å². The van der Waals surface area contributed by atoms with E-state index in [1.807, 2.05) is 54.6 Å². The predicted molar refractivity (Wildman–Crippen MR) is 102 cm³/mol. The summed E-state index contributed by atoms with van der Waals surface area (Å²) in [6.45, 7) is 0.937. The van der Waals surface area contributed by atoms with Gasteiger partial charge in [-0.15, -0.1) is 0 Å². The summed E-state index contributed by atoms with van der Waals surface area (Å²) in [6, 6.07) is 17.0. The third kappa shape index (κ3) is 4.51. The van der Waals surface area contributed by atoms with Crippen LogP contribution in [0, 0.1) is 0 Å². The van der Waals surface area contributed by atoms with Crippen molar-refractivity contribution in [1.29, 1.82) is 0 Å². The molecule has 3 rings (SSSR count). The van der Waals surface area contributed by atoms with Crippen LogP contribution >= 0.6 is 23.4 Å². The van der Waals surface area contributed by atoms with E-state index < -0.39 is 0 Å². The van der Waals surface area contributed by atoms with E-state index in [4.69, 9.17) is 16.3 Å². The van der Waals surface area contributed by atoms with Crippen molar-refractivity contribution < 1.29 is 9.53 Å². The summed E-state index contributed by atoms with van der Waals surface area (Å²) in [7, 11) is 1.61. The zero-order valence-corrected chi connectivity index (χ0v) is 15.2. The summed E-state index contributed by atoms with van der Waals surface area (Å²) in [5.74, 6) is -0.131. The van der Waals surface area contributed by atoms with Crippen LogP contribution in [-0.4, -0.2) is 31.2 Å². The third-order valence-electron chi connectivity index (χ3n) is 3.57. The number of amides is 1. The Kier molecular flexibility index (Phi) is 5.91. The number of aromatic nitrogens is 1. The first-order valence-electron chi connectivity index (χ1n) is 7.78. The van der Waals surface area contributed by atoms with Gasteiger partial charge in [0.15, 0.2) is 0 Å². The Balaban J connectivity index is 1.94. The van der Waals surface area contributed by atoms with E-state index in [1.165, 1.54) is 11.8 Å². The molecule has 0 unspecified atom stereocenters. The first-order chi connectivity index (χ1) is 12.2. The van der Waals surface area contributed by atoms with Crippen LogP contribution in [0.15, 0.2) is 64.5 Å². The zero-order chi connectivity index (χ0) is 17.6. The molecule has 0 fully saturated rings. The molecule has 0 aliphatic carbocycles. The van der Waals surface area contributed by atoms with E-state index in [9.17, 15) is 4.79 Å². The van der Waals surface area contributed by atoms with E-state index in [1.54, 1.807) is 7.11 Å². The molecule has 25 heavy (non-hydrogen) atoms. The van der Waals surface area contributed by atoms with Crippen molar-refractivity contribution in [3.05, 3.63) is 65.2 Å². The fourth-order valence-electron chi connectivity index (χ4n) is 2.38. The minimum atomic E-state index is -0.131. The van der Waals surface area contributed by atoms with Crippen molar-refractivity contribution in [2.45, 2.75) is 9.92 Å². The summed E-state index contributed by atoms with van der Waals surface area (Å²) in [6.07, 6.45) is 0. The fraction of sp³-hybridized carbons (Fsp3) is 0.158. The second-order valence-electron chi connectivity index (χ2n) is 5.33. The molecular formula is C19H17ClN2O2S. The predicted octanol–water partition coefficient (Wildman–Crippen LogP) is 4.42. The van der Waals surface area contributed by atoms with Crippen LogP contribution in [0.2, 0.25) is 5.02 Å². The lowest BCUT2D eigenvalue weighted by Gasteiger charge is -2.10. The molecule has 3 aromatic rings. The van der Waals surface area contributed by atoms with Gasteiger partial charge in [-0.2, -0.15) is 0 Å². The lowest BCUT2D eigenvalue weighted by molar-refractivity contribution is 0.0938. The molecule has 4 nitrogen and oxygen atoms in total. The van der Waals surface area contributed by atoms with E-state index in [0.29, 0.717) is 23.7 Å². The lowest BCUT2D eigenvalue weighted by atomic mass is 10.1. The third-order valence-corrected chi connectivity index (χ3v) is 4.74. The normalized spacial score (nSPS) is 10.8. The minimum absolute atomic E-state index is 0.131. The van der Waals surface area contributed by atoms with Gasteiger partial charge in [-0.05, 0) is 36.4 Å². The molecule has 1 amide bonds. The van der Waals surface area contributed by atoms with Gasteiger partial charge in [-0.3, -0.25) is 4.79 Å². The Bertz CT molecular complexity index is 884. The maximum absolute atomic E-state index is 12.6.